The van der Waals surface area contributed by atoms with Gasteiger partial charge in [-0.3, -0.25) is 0 Å². The van der Waals surface area contributed by atoms with Crippen molar-refractivity contribution in [2.24, 2.45) is 0 Å². The first-order valence-electron chi connectivity index (χ1n) is 5.45. The predicted octanol–water partition coefficient (Wildman–Crippen LogP) is 1.58. The molecule has 0 aromatic carbocycles. The minimum absolute atomic E-state index is 0.684. The fourth-order valence-corrected chi connectivity index (χ4v) is 2.14. The zero-order chi connectivity index (χ0) is 12.1. The van der Waals surface area contributed by atoms with Crippen LogP contribution in [0, 0.1) is 0 Å². The van der Waals surface area contributed by atoms with E-state index in [9.17, 15) is 0 Å². The van der Waals surface area contributed by atoms with Crippen molar-refractivity contribution in [1.82, 2.24) is 14.6 Å². The lowest BCUT2D eigenvalue weighted by Crippen LogP contribution is -2.30. The Kier molecular flexibility index (Phi) is 4.33. The lowest BCUT2D eigenvalue weighted by Gasteiger charge is -2.22. The molecule has 0 unspecified atom stereocenters. The molecule has 5 nitrogen and oxygen atoms in total. The molecule has 0 radical (unpaired) electrons. The molecule has 0 aliphatic rings. The molecule has 0 bridgehead atoms. The van der Waals surface area contributed by atoms with E-state index in [-0.39, 0.29) is 0 Å². The predicted molar refractivity (Wildman–Crippen MR) is 70.9 cm³/mol. The molecule has 17 heavy (non-hydrogen) atoms. The van der Waals surface area contributed by atoms with Crippen molar-refractivity contribution >= 4 is 27.3 Å². The number of rotatable bonds is 6. The SMILES string of the molecule is COCCN(CCBr)c1nccn2nccc12. The van der Waals surface area contributed by atoms with Crippen LogP contribution in [0.3, 0.4) is 0 Å². The van der Waals surface area contributed by atoms with Gasteiger partial charge in [-0.1, -0.05) is 15.9 Å². The number of methoxy groups -OCH3 is 1. The lowest BCUT2D eigenvalue weighted by molar-refractivity contribution is 0.205. The number of ether oxygens (including phenoxy) is 1. The van der Waals surface area contributed by atoms with Gasteiger partial charge >= 0.3 is 0 Å². The number of halogens is 1. The van der Waals surface area contributed by atoms with Crippen molar-refractivity contribution in [3.8, 4) is 0 Å². The van der Waals surface area contributed by atoms with Crippen LogP contribution in [0.15, 0.2) is 24.7 Å². The van der Waals surface area contributed by atoms with Crippen LogP contribution >= 0.6 is 15.9 Å². The zero-order valence-electron chi connectivity index (χ0n) is 9.71. The molecule has 2 heterocycles. The molecular weight excluding hydrogens is 284 g/mol. The molecule has 0 atom stereocenters. The van der Waals surface area contributed by atoms with Crippen LogP contribution in [0.5, 0.6) is 0 Å². The monoisotopic (exact) mass is 298 g/mol. The number of nitrogens with zero attached hydrogens (tertiary/aromatic N) is 4. The Bertz CT molecular complexity index is 473. The summed E-state index contributed by atoms with van der Waals surface area (Å²) >= 11 is 3.46. The first-order valence-corrected chi connectivity index (χ1v) is 6.57. The third-order valence-corrected chi connectivity index (χ3v) is 2.88. The van der Waals surface area contributed by atoms with Gasteiger partial charge in [-0.15, -0.1) is 0 Å². The highest BCUT2D eigenvalue weighted by atomic mass is 79.9. The van der Waals surface area contributed by atoms with Crippen LogP contribution in [-0.2, 0) is 4.74 Å². The number of aromatic nitrogens is 3. The Morgan fingerprint density at radius 2 is 2.29 bits per heavy atom. The molecule has 0 saturated heterocycles. The van der Waals surface area contributed by atoms with Gasteiger partial charge in [-0.05, 0) is 6.07 Å². The van der Waals surface area contributed by atoms with Crippen LogP contribution in [-0.4, -0.2) is 46.7 Å². The van der Waals surface area contributed by atoms with E-state index >= 15 is 0 Å². The van der Waals surface area contributed by atoms with E-state index in [1.54, 1.807) is 19.5 Å². The van der Waals surface area contributed by atoms with Gasteiger partial charge in [0.15, 0.2) is 5.82 Å². The highest BCUT2D eigenvalue weighted by molar-refractivity contribution is 9.09. The van der Waals surface area contributed by atoms with Gasteiger partial charge < -0.3 is 9.64 Å². The van der Waals surface area contributed by atoms with Crippen molar-refractivity contribution in [2.45, 2.75) is 0 Å². The molecule has 0 amide bonds. The Morgan fingerprint density at radius 1 is 1.41 bits per heavy atom. The first kappa shape index (κ1) is 12.3. The molecule has 0 N–H and O–H groups in total. The standard InChI is InChI=1S/C11H15BrN4O/c1-17-9-8-15(6-3-12)11-10-2-4-14-16(10)7-5-13-11/h2,4-5,7H,3,6,8-9H2,1H3. The van der Waals surface area contributed by atoms with E-state index in [1.807, 2.05) is 16.8 Å². The van der Waals surface area contributed by atoms with Crippen LogP contribution in [0.2, 0.25) is 0 Å². The van der Waals surface area contributed by atoms with Gasteiger partial charge in [0.25, 0.3) is 0 Å². The highest BCUT2D eigenvalue weighted by Gasteiger charge is 2.11. The summed E-state index contributed by atoms with van der Waals surface area (Å²) in [5, 5.41) is 5.11. The van der Waals surface area contributed by atoms with Crippen LogP contribution in [0.25, 0.3) is 5.52 Å². The number of anilines is 1. The Morgan fingerprint density at radius 3 is 3.06 bits per heavy atom. The summed E-state index contributed by atoms with van der Waals surface area (Å²) in [6.45, 7) is 2.39. The van der Waals surface area contributed by atoms with Crippen LogP contribution in [0.4, 0.5) is 5.82 Å². The lowest BCUT2D eigenvalue weighted by atomic mass is 10.4. The molecule has 0 aliphatic heterocycles. The molecule has 2 aromatic heterocycles. The van der Waals surface area contributed by atoms with Gasteiger partial charge in [0, 0.05) is 37.9 Å². The molecule has 2 rings (SSSR count). The van der Waals surface area contributed by atoms with Crippen molar-refractivity contribution in [3.63, 3.8) is 0 Å². The smallest absolute Gasteiger partial charge is 0.154 e. The fourth-order valence-electron chi connectivity index (χ4n) is 1.71. The second-order valence-electron chi connectivity index (χ2n) is 3.58. The second-order valence-corrected chi connectivity index (χ2v) is 4.37. The van der Waals surface area contributed by atoms with Crippen molar-refractivity contribution in [2.75, 3.05) is 37.0 Å². The molecule has 92 valence electrons. The number of hydrogen-bond donors (Lipinski definition) is 0. The summed E-state index contributed by atoms with van der Waals surface area (Å²) in [7, 11) is 1.71. The summed E-state index contributed by atoms with van der Waals surface area (Å²) in [6.07, 6.45) is 5.40. The van der Waals surface area contributed by atoms with Gasteiger partial charge in [-0.2, -0.15) is 5.10 Å². The topological polar surface area (TPSA) is 42.7 Å². The van der Waals surface area contributed by atoms with E-state index in [1.165, 1.54) is 0 Å². The summed E-state index contributed by atoms with van der Waals surface area (Å²) < 4.78 is 6.96. The fraction of sp³-hybridized carbons (Fsp3) is 0.455. The van der Waals surface area contributed by atoms with Crippen molar-refractivity contribution in [3.05, 3.63) is 24.7 Å². The average molecular weight is 299 g/mol. The minimum atomic E-state index is 0.684. The third kappa shape index (κ3) is 2.76. The van der Waals surface area contributed by atoms with Gasteiger partial charge in [0.2, 0.25) is 0 Å². The van der Waals surface area contributed by atoms with Crippen molar-refractivity contribution in [1.29, 1.82) is 0 Å². The van der Waals surface area contributed by atoms with E-state index in [2.05, 4.69) is 30.9 Å². The maximum atomic E-state index is 5.13. The van der Waals surface area contributed by atoms with Gasteiger partial charge in [0.05, 0.1) is 12.8 Å². The normalized spacial score (nSPS) is 10.9. The van der Waals surface area contributed by atoms with Crippen molar-refractivity contribution < 1.29 is 4.74 Å². The third-order valence-electron chi connectivity index (χ3n) is 2.52. The second kappa shape index (κ2) is 5.97. The Hall–Kier alpha value is -1.14. The molecule has 0 spiro atoms. The van der Waals surface area contributed by atoms with Gasteiger partial charge in [-0.25, -0.2) is 9.50 Å². The minimum Gasteiger partial charge on any atom is -0.383 e. The maximum Gasteiger partial charge on any atom is 0.154 e. The molecule has 0 aliphatic carbocycles. The quantitative estimate of drug-likeness (QED) is 0.760. The molecule has 0 saturated carbocycles. The number of fused-ring (bicyclic) bond motifs is 1. The Labute approximate surface area is 109 Å². The summed E-state index contributed by atoms with van der Waals surface area (Å²) in [5.74, 6) is 0.946. The van der Waals surface area contributed by atoms with Crippen LogP contribution in [0.1, 0.15) is 0 Å². The molecule has 2 aromatic rings. The van der Waals surface area contributed by atoms with E-state index < -0.39 is 0 Å². The van der Waals surface area contributed by atoms with Gasteiger partial charge in [0.1, 0.15) is 5.52 Å². The molecule has 0 fully saturated rings. The molecule has 6 heteroatoms. The average Bonchev–Trinajstić information content (AvgIpc) is 2.82. The van der Waals surface area contributed by atoms with Crippen LogP contribution < -0.4 is 4.90 Å². The molecular formula is C11H15BrN4O. The van der Waals surface area contributed by atoms with E-state index in [0.717, 1.165) is 29.8 Å². The summed E-state index contributed by atoms with van der Waals surface area (Å²) in [4.78, 5) is 6.63. The maximum absolute atomic E-state index is 5.13. The van der Waals surface area contributed by atoms with E-state index in [4.69, 9.17) is 4.74 Å². The number of alkyl halides is 1. The summed E-state index contributed by atoms with van der Waals surface area (Å²) in [6, 6.07) is 1.97. The van der Waals surface area contributed by atoms with E-state index in [0.29, 0.717) is 6.61 Å². The Balaban J connectivity index is 2.30. The number of hydrogen-bond acceptors (Lipinski definition) is 4. The largest absolute Gasteiger partial charge is 0.383 e. The first-order chi connectivity index (χ1) is 8.36. The highest BCUT2D eigenvalue weighted by Crippen LogP contribution is 2.17. The summed E-state index contributed by atoms with van der Waals surface area (Å²) in [5.41, 5.74) is 1.02. The zero-order valence-corrected chi connectivity index (χ0v) is 11.3.